The summed E-state index contributed by atoms with van der Waals surface area (Å²) in [5.74, 6) is -2.65. The molecule has 0 atom stereocenters. The fourth-order valence-corrected chi connectivity index (χ4v) is 3.26. The van der Waals surface area contributed by atoms with Crippen LogP contribution in [0.3, 0.4) is 0 Å². The fourth-order valence-electron chi connectivity index (χ4n) is 3.26. The molecule has 1 saturated carbocycles. The Labute approximate surface area is 196 Å². The summed E-state index contributed by atoms with van der Waals surface area (Å²) < 4.78 is 27.2. The first-order chi connectivity index (χ1) is 16.4. The lowest BCUT2D eigenvalue weighted by molar-refractivity contribution is -0.115. The predicted molar refractivity (Wildman–Crippen MR) is 130 cm³/mol. The van der Waals surface area contributed by atoms with Gasteiger partial charge < -0.3 is 16.4 Å². The van der Waals surface area contributed by atoms with E-state index in [9.17, 15) is 18.4 Å². The number of carbonyl (C=O) groups excluding carboxylic acids is 2. The molecule has 0 aliphatic heterocycles. The maximum absolute atomic E-state index is 13.8. The Morgan fingerprint density at radius 2 is 1.62 bits per heavy atom. The zero-order chi connectivity index (χ0) is 24.1. The Morgan fingerprint density at radius 1 is 0.912 bits per heavy atom. The summed E-state index contributed by atoms with van der Waals surface area (Å²) in [5.41, 5.74) is 8.84. The minimum absolute atomic E-state index is 0.117. The minimum Gasteiger partial charge on any atom is -0.397 e. The largest absolute Gasteiger partial charge is 0.397 e. The zero-order valence-corrected chi connectivity index (χ0v) is 18.2. The van der Waals surface area contributed by atoms with Gasteiger partial charge in [0.2, 0.25) is 5.91 Å². The number of nitrogen functional groups attached to an aromatic ring is 1. The molecule has 0 bridgehead atoms. The molecule has 4 N–H and O–H groups in total. The predicted octanol–water partition coefficient (Wildman–Crippen LogP) is 5.02. The highest BCUT2D eigenvalue weighted by molar-refractivity contribution is 6.24. The van der Waals surface area contributed by atoms with Crippen LogP contribution in [0.25, 0.3) is 17.7 Å². The van der Waals surface area contributed by atoms with Crippen molar-refractivity contribution in [3.63, 3.8) is 0 Å². The van der Waals surface area contributed by atoms with E-state index in [4.69, 9.17) is 5.73 Å². The first kappa shape index (κ1) is 22.9. The Hall–Kier alpha value is -4.26. The summed E-state index contributed by atoms with van der Waals surface area (Å²) in [6.07, 6.45) is 6.48. The lowest BCUT2D eigenvalue weighted by atomic mass is 10.0. The first-order valence-corrected chi connectivity index (χ1v) is 10.8. The molecule has 0 radical (unpaired) electrons. The van der Waals surface area contributed by atoms with E-state index in [0.717, 1.165) is 30.5 Å². The second-order valence-electron chi connectivity index (χ2n) is 8.01. The van der Waals surface area contributed by atoms with Crippen LogP contribution in [0.2, 0.25) is 0 Å². The molecular formula is C27H23F2N3O2. The van der Waals surface area contributed by atoms with Crippen molar-refractivity contribution < 1.29 is 18.4 Å². The standard InChI is InChI=1S/C27H23F2N3O2/c28-22-13-10-19(16-23(22)29)21(27(34)31-20-11-12-20)15-18-7-5-17(6-8-18)9-14-26(33)32-25-4-2-1-3-24(25)30/h1-10,13-16,20H,11-12,30H2,(H,31,34)(H,32,33)/b14-9+,21-15+. The van der Waals surface area contributed by atoms with Crippen LogP contribution in [0.5, 0.6) is 0 Å². The van der Waals surface area contributed by atoms with Crippen molar-refractivity contribution in [2.45, 2.75) is 18.9 Å². The quantitative estimate of drug-likeness (QED) is 0.264. The smallest absolute Gasteiger partial charge is 0.252 e. The molecule has 2 amide bonds. The lowest BCUT2D eigenvalue weighted by Crippen LogP contribution is -2.26. The molecular weight excluding hydrogens is 436 g/mol. The number of carbonyl (C=O) groups is 2. The van der Waals surface area contributed by atoms with Crippen LogP contribution in [0, 0.1) is 11.6 Å². The molecule has 4 rings (SSSR count). The number of nitrogens with two attached hydrogens (primary N) is 1. The van der Waals surface area contributed by atoms with Gasteiger partial charge in [0, 0.05) is 17.7 Å². The van der Waals surface area contributed by atoms with Crippen LogP contribution in [0.15, 0.2) is 72.8 Å². The van der Waals surface area contributed by atoms with Crippen LogP contribution in [0.1, 0.15) is 29.5 Å². The van der Waals surface area contributed by atoms with Crippen LogP contribution in [-0.2, 0) is 9.59 Å². The van der Waals surface area contributed by atoms with Crippen molar-refractivity contribution in [1.29, 1.82) is 0 Å². The fraction of sp³-hybridized carbons (Fsp3) is 0.111. The number of anilines is 2. The molecule has 1 fully saturated rings. The number of hydrogen-bond donors (Lipinski definition) is 3. The molecule has 0 spiro atoms. The SMILES string of the molecule is Nc1ccccc1NC(=O)/C=C/c1ccc(/C=C(/C(=O)NC2CC2)c2ccc(F)c(F)c2)cc1. The number of para-hydroxylation sites is 2. The molecule has 1 aliphatic rings. The monoisotopic (exact) mass is 459 g/mol. The van der Waals surface area contributed by atoms with Crippen molar-refractivity contribution in [3.8, 4) is 0 Å². The summed E-state index contributed by atoms with van der Waals surface area (Å²) in [6.45, 7) is 0. The number of halogens is 2. The van der Waals surface area contributed by atoms with Gasteiger partial charge in [-0.2, -0.15) is 0 Å². The summed E-state index contributed by atoms with van der Waals surface area (Å²) in [7, 11) is 0. The van der Waals surface area contributed by atoms with E-state index >= 15 is 0 Å². The average Bonchev–Trinajstić information content (AvgIpc) is 3.64. The number of nitrogens with one attached hydrogen (secondary N) is 2. The van der Waals surface area contributed by atoms with E-state index in [0.29, 0.717) is 16.9 Å². The molecule has 172 valence electrons. The van der Waals surface area contributed by atoms with Crippen molar-refractivity contribution in [2.24, 2.45) is 0 Å². The van der Waals surface area contributed by atoms with E-state index in [1.807, 2.05) is 0 Å². The van der Waals surface area contributed by atoms with Gasteiger partial charge in [-0.15, -0.1) is 0 Å². The third kappa shape index (κ3) is 5.95. The van der Waals surface area contributed by atoms with Gasteiger partial charge in [0.25, 0.3) is 5.91 Å². The topological polar surface area (TPSA) is 84.2 Å². The maximum Gasteiger partial charge on any atom is 0.252 e. The number of benzene rings is 3. The van der Waals surface area contributed by atoms with Gasteiger partial charge in [0.15, 0.2) is 11.6 Å². The van der Waals surface area contributed by atoms with Crippen molar-refractivity contribution >= 4 is 40.9 Å². The Balaban J connectivity index is 1.50. The molecule has 7 heteroatoms. The number of amides is 2. The molecule has 0 aromatic heterocycles. The first-order valence-electron chi connectivity index (χ1n) is 10.8. The van der Waals surface area contributed by atoms with Crippen LogP contribution in [-0.4, -0.2) is 17.9 Å². The van der Waals surface area contributed by atoms with Crippen molar-refractivity contribution in [3.05, 3.63) is 101 Å². The number of hydrogen-bond acceptors (Lipinski definition) is 3. The van der Waals surface area contributed by atoms with Crippen LogP contribution < -0.4 is 16.4 Å². The Morgan fingerprint density at radius 3 is 2.29 bits per heavy atom. The van der Waals surface area contributed by atoms with Crippen LogP contribution >= 0.6 is 0 Å². The van der Waals surface area contributed by atoms with Gasteiger partial charge >= 0.3 is 0 Å². The highest BCUT2D eigenvalue weighted by Gasteiger charge is 2.25. The van der Waals surface area contributed by atoms with Crippen LogP contribution in [0.4, 0.5) is 20.2 Å². The zero-order valence-electron chi connectivity index (χ0n) is 18.2. The van der Waals surface area contributed by atoms with Gasteiger partial charge in [0.1, 0.15) is 0 Å². The molecule has 0 heterocycles. The highest BCUT2D eigenvalue weighted by atomic mass is 19.2. The van der Waals surface area contributed by atoms with Gasteiger partial charge in [0.05, 0.1) is 11.4 Å². The second-order valence-corrected chi connectivity index (χ2v) is 8.01. The lowest BCUT2D eigenvalue weighted by Gasteiger charge is -2.10. The molecule has 5 nitrogen and oxygen atoms in total. The van der Waals surface area contributed by atoms with E-state index in [2.05, 4.69) is 10.6 Å². The van der Waals surface area contributed by atoms with E-state index in [1.165, 1.54) is 12.1 Å². The minimum atomic E-state index is -1.02. The summed E-state index contributed by atoms with van der Waals surface area (Å²) in [4.78, 5) is 24.9. The van der Waals surface area contributed by atoms with E-state index < -0.39 is 11.6 Å². The van der Waals surface area contributed by atoms with E-state index in [-0.39, 0.29) is 29.0 Å². The summed E-state index contributed by atoms with van der Waals surface area (Å²) >= 11 is 0. The molecule has 3 aromatic carbocycles. The average molecular weight is 459 g/mol. The highest BCUT2D eigenvalue weighted by Crippen LogP contribution is 2.25. The molecule has 0 saturated heterocycles. The molecule has 34 heavy (non-hydrogen) atoms. The second kappa shape index (κ2) is 10.1. The molecule has 1 aliphatic carbocycles. The van der Waals surface area contributed by atoms with Gasteiger partial charge in [-0.25, -0.2) is 8.78 Å². The third-order valence-electron chi connectivity index (χ3n) is 5.28. The third-order valence-corrected chi connectivity index (χ3v) is 5.28. The Kier molecular flexibility index (Phi) is 6.82. The van der Waals surface area contributed by atoms with Gasteiger partial charge in [-0.05, 0) is 65.9 Å². The van der Waals surface area contributed by atoms with Crippen molar-refractivity contribution in [2.75, 3.05) is 11.1 Å². The molecule has 3 aromatic rings. The summed E-state index contributed by atoms with van der Waals surface area (Å²) in [6, 6.07) is 17.6. The number of rotatable bonds is 7. The summed E-state index contributed by atoms with van der Waals surface area (Å²) in [5, 5.41) is 5.60. The normalized spacial score (nSPS) is 13.6. The molecule has 0 unspecified atom stereocenters. The van der Waals surface area contributed by atoms with Gasteiger partial charge in [-0.3, -0.25) is 9.59 Å². The van der Waals surface area contributed by atoms with Crippen molar-refractivity contribution in [1.82, 2.24) is 5.32 Å². The van der Waals surface area contributed by atoms with Gasteiger partial charge in [-0.1, -0.05) is 42.5 Å². The van der Waals surface area contributed by atoms with E-state index in [1.54, 1.807) is 60.7 Å². The maximum atomic E-state index is 13.8. The Bertz CT molecular complexity index is 1280.